The van der Waals surface area contributed by atoms with E-state index in [1.54, 1.807) is 12.1 Å². The Hall–Kier alpha value is -1.73. The van der Waals surface area contributed by atoms with Gasteiger partial charge in [-0.3, -0.25) is 14.9 Å². The van der Waals surface area contributed by atoms with Crippen LogP contribution in [-0.2, 0) is 4.79 Å². The Kier molecular flexibility index (Phi) is 3.73. The fourth-order valence-electron chi connectivity index (χ4n) is 1.27. The molecule has 2 rings (SSSR count). The third kappa shape index (κ3) is 3.14. The van der Waals surface area contributed by atoms with Gasteiger partial charge in [-0.05, 0) is 19.1 Å². The van der Waals surface area contributed by atoms with Gasteiger partial charge in [0.1, 0.15) is 0 Å². The van der Waals surface area contributed by atoms with Crippen LogP contribution < -0.4 is 10.6 Å². The number of hydrogen-bond acceptors (Lipinski definition) is 5. The van der Waals surface area contributed by atoms with Crippen molar-refractivity contribution in [2.45, 2.75) is 13.8 Å². The maximum atomic E-state index is 11.9. The van der Waals surface area contributed by atoms with Crippen LogP contribution in [-0.4, -0.2) is 16.8 Å². The number of thiazole rings is 1. The summed E-state index contributed by atoms with van der Waals surface area (Å²) in [5.74, 6) is -0.370. The van der Waals surface area contributed by atoms with Gasteiger partial charge < -0.3 is 5.32 Å². The van der Waals surface area contributed by atoms with E-state index in [9.17, 15) is 9.59 Å². The monoisotopic (exact) mass is 281 g/mol. The largest absolute Gasteiger partial charge is 0.318 e. The summed E-state index contributed by atoms with van der Waals surface area (Å²) in [6, 6.07) is 3.37. The van der Waals surface area contributed by atoms with Gasteiger partial charge in [0.05, 0.1) is 15.6 Å². The Morgan fingerprint density at radius 3 is 2.67 bits per heavy atom. The van der Waals surface area contributed by atoms with Crippen molar-refractivity contribution in [2.24, 2.45) is 0 Å². The summed E-state index contributed by atoms with van der Waals surface area (Å²) in [5.41, 5.74) is 0.875. The maximum absolute atomic E-state index is 11.9. The molecule has 0 aliphatic heterocycles. The maximum Gasteiger partial charge on any atom is 0.267 e. The van der Waals surface area contributed by atoms with E-state index < -0.39 is 0 Å². The summed E-state index contributed by atoms with van der Waals surface area (Å²) in [6.07, 6.45) is 0. The van der Waals surface area contributed by atoms with Crippen LogP contribution in [0, 0.1) is 6.92 Å². The van der Waals surface area contributed by atoms with Gasteiger partial charge in [0, 0.05) is 12.3 Å². The van der Waals surface area contributed by atoms with Crippen molar-refractivity contribution < 1.29 is 9.59 Å². The van der Waals surface area contributed by atoms with E-state index in [0.717, 1.165) is 5.69 Å². The molecule has 94 valence electrons. The molecule has 0 saturated heterocycles. The molecule has 0 saturated carbocycles. The molecule has 0 unspecified atom stereocenters. The van der Waals surface area contributed by atoms with E-state index in [0.29, 0.717) is 15.0 Å². The lowest BCUT2D eigenvalue weighted by molar-refractivity contribution is -0.114. The first-order chi connectivity index (χ1) is 8.54. The Morgan fingerprint density at radius 2 is 2.06 bits per heavy atom. The second kappa shape index (κ2) is 5.28. The SMILES string of the molecule is CC(=O)Nc1ccc(C(=O)Nc2nc(C)cs2)s1. The van der Waals surface area contributed by atoms with Gasteiger partial charge in [0.25, 0.3) is 5.91 Å². The number of nitrogens with one attached hydrogen (secondary N) is 2. The zero-order valence-corrected chi connectivity index (χ0v) is 11.4. The highest BCUT2D eigenvalue weighted by molar-refractivity contribution is 7.18. The third-order valence-corrected chi connectivity index (χ3v) is 3.84. The average molecular weight is 281 g/mol. The number of anilines is 2. The Morgan fingerprint density at radius 1 is 1.28 bits per heavy atom. The van der Waals surface area contributed by atoms with Gasteiger partial charge in [-0.2, -0.15) is 0 Å². The molecule has 0 radical (unpaired) electrons. The second-order valence-corrected chi connectivity index (χ2v) is 5.54. The zero-order valence-electron chi connectivity index (χ0n) is 9.81. The molecule has 0 fully saturated rings. The molecule has 0 bridgehead atoms. The van der Waals surface area contributed by atoms with E-state index in [1.807, 2.05) is 12.3 Å². The number of aromatic nitrogens is 1. The minimum atomic E-state index is -0.217. The number of carbonyl (C=O) groups is 2. The first kappa shape index (κ1) is 12.7. The number of amides is 2. The highest BCUT2D eigenvalue weighted by Gasteiger charge is 2.11. The van der Waals surface area contributed by atoms with Crippen LogP contribution in [0.4, 0.5) is 10.1 Å². The summed E-state index contributed by atoms with van der Waals surface area (Å²) in [6.45, 7) is 3.30. The molecule has 2 aromatic rings. The van der Waals surface area contributed by atoms with Crippen LogP contribution in [0.25, 0.3) is 0 Å². The van der Waals surface area contributed by atoms with Crippen LogP contribution in [0.1, 0.15) is 22.3 Å². The lowest BCUT2D eigenvalue weighted by atomic mass is 10.4. The summed E-state index contributed by atoms with van der Waals surface area (Å²) in [4.78, 5) is 27.4. The van der Waals surface area contributed by atoms with Gasteiger partial charge in [-0.25, -0.2) is 4.98 Å². The lowest BCUT2D eigenvalue weighted by Gasteiger charge is -1.98. The van der Waals surface area contributed by atoms with Crippen molar-refractivity contribution in [1.82, 2.24) is 4.98 Å². The fourth-order valence-corrected chi connectivity index (χ4v) is 2.80. The number of thiophene rings is 1. The van der Waals surface area contributed by atoms with E-state index in [-0.39, 0.29) is 11.8 Å². The van der Waals surface area contributed by atoms with Gasteiger partial charge >= 0.3 is 0 Å². The standard InChI is InChI=1S/C11H11N3O2S2/c1-6-5-17-11(12-6)14-10(16)8-3-4-9(18-8)13-7(2)15/h3-5H,1-2H3,(H,13,15)(H,12,14,16). The second-order valence-electron chi connectivity index (χ2n) is 3.59. The number of nitrogens with zero attached hydrogens (tertiary/aromatic N) is 1. The van der Waals surface area contributed by atoms with E-state index in [2.05, 4.69) is 15.6 Å². The molecular formula is C11H11N3O2S2. The molecule has 2 aromatic heterocycles. The van der Waals surface area contributed by atoms with Crippen molar-refractivity contribution >= 4 is 44.6 Å². The minimum Gasteiger partial charge on any atom is -0.318 e. The first-order valence-electron chi connectivity index (χ1n) is 5.15. The van der Waals surface area contributed by atoms with Crippen LogP contribution in [0.15, 0.2) is 17.5 Å². The quantitative estimate of drug-likeness (QED) is 0.908. The van der Waals surface area contributed by atoms with Crippen molar-refractivity contribution in [1.29, 1.82) is 0 Å². The van der Waals surface area contributed by atoms with Crippen LogP contribution in [0.5, 0.6) is 0 Å². The van der Waals surface area contributed by atoms with Crippen LogP contribution >= 0.6 is 22.7 Å². The highest BCUT2D eigenvalue weighted by Crippen LogP contribution is 2.23. The number of aryl methyl sites for hydroxylation is 1. The first-order valence-corrected chi connectivity index (χ1v) is 6.85. The third-order valence-electron chi connectivity index (χ3n) is 1.97. The van der Waals surface area contributed by atoms with Crippen molar-refractivity contribution in [3.05, 3.63) is 28.1 Å². The molecular weight excluding hydrogens is 270 g/mol. The molecule has 0 aromatic carbocycles. The average Bonchev–Trinajstić information content (AvgIpc) is 2.87. The Balaban J connectivity index is 2.05. The number of carbonyl (C=O) groups excluding carboxylic acids is 2. The molecule has 2 heterocycles. The molecule has 0 atom stereocenters. The predicted molar refractivity (Wildman–Crippen MR) is 73.4 cm³/mol. The Bertz CT molecular complexity index is 589. The molecule has 0 aliphatic carbocycles. The zero-order chi connectivity index (χ0) is 13.1. The van der Waals surface area contributed by atoms with Crippen molar-refractivity contribution in [3.63, 3.8) is 0 Å². The molecule has 18 heavy (non-hydrogen) atoms. The number of hydrogen-bond donors (Lipinski definition) is 2. The highest BCUT2D eigenvalue weighted by atomic mass is 32.1. The topological polar surface area (TPSA) is 71.1 Å². The molecule has 2 amide bonds. The van der Waals surface area contributed by atoms with E-state index in [4.69, 9.17) is 0 Å². The summed E-state index contributed by atoms with van der Waals surface area (Å²) >= 11 is 2.61. The summed E-state index contributed by atoms with van der Waals surface area (Å²) in [7, 11) is 0. The molecule has 0 spiro atoms. The number of rotatable bonds is 3. The fraction of sp³-hybridized carbons (Fsp3) is 0.182. The molecule has 7 heteroatoms. The normalized spacial score (nSPS) is 10.1. The van der Waals surface area contributed by atoms with Crippen LogP contribution in [0.3, 0.4) is 0 Å². The van der Waals surface area contributed by atoms with Crippen LogP contribution in [0.2, 0.25) is 0 Å². The van der Waals surface area contributed by atoms with Crippen molar-refractivity contribution in [2.75, 3.05) is 10.6 Å². The van der Waals surface area contributed by atoms with Gasteiger partial charge in [0.2, 0.25) is 5.91 Å². The van der Waals surface area contributed by atoms with Gasteiger partial charge in [0.15, 0.2) is 5.13 Å². The van der Waals surface area contributed by atoms with Crippen molar-refractivity contribution in [3.8, 4) is 0 Å². The lowest BCUT2D eigenvalue weighted by Crippen LogP contribution is -2.09. The van der Waals surface area contributed by atoms with Gasteiger partial charge in [-0.15, -0.1) is 22.7 Å². The molecule has 2 N–H and O–H groups in total. The predicted octanol–water partition coefficient (Wildman–Crippen LogP) is 2.72. The van der Waals surface area contributed by atoms with E-state index >= 15 is 0 Å². The van der Waals surface area contributed by atoms with E-state index in [1.165, 1.54) is 29.6 Å². The molecule has 5 nitrogen and oxygen atoms in total. The summed E-state index contributed by atoms with van der Waals surface area (Å²) < 4.78 is 0. The summed E-state index contributed by atoms with van der Waals surface area (Å²) in [5, 5.41) is 8.45. The smallest absolute Gasteiger partial charge is 0.267 e. The van der Waals surface area contributed by atoms with Gasteiger partial charge in [-0.1, -0.05) is 0 Å². The molecule has 0 aliphatic rings. The minimum absolute atomic E-state index is 0.153. The Labute approximate surface area is 112 Å².